The van der Waals surface area contributed by atoms with Gasteiger partial charge in [-0.05, 0) is 13.8 Å². The Hall–Kier alpha value is -0.246. The second-order valence-corrected chi connectivity index (χ2v) is 3.98. The Bertz CT molecular complexity index is 225. The van der Waals surface area contributed by atoms with Gasteiger partial charge in [-0.25, -0.2) is 0 Å². The van der Waals surface area contributed by atoms with Gasteiger partial charge in [-0.1, -0.05) is 12.8 Å². The van der Waals surface area contributed by atoms with E-state index in [1.54, 1.807) is 0 Å². The number of aliphatic imine (C=N–C) groups is 2. The maximum atomic E-state index is 4.50. The maximum absolute atomic E-state index is 4.50. The average Bonchev–Trinajstić information content (AvgIpc) is 2.29. The molecule has 100 valence electrons. The van der Waals surface area contributed by atoms with E-state index in [4.69, 9.17) is 0 Å². The van der Waals surface area contributed by atoms with Gasteiger partial charge in [-0.2, -0.15) is 13.1 Å². The molecule has 1 aliphatic rings. The van der Waals surface area contributed by atoms with Crippen LogP contribution in [0.3, 0.4) is 0 Å². The molecule has 0 atom stereocenters. The van der Waals surface area contributed by atoms with E-state index in [9.17, 15) is 0 Å². The second kappa shape index (κ2) is 10.9. The predicted octanol–water partition coefficient (Wildman–Crippen LogP) is 2.45. The zero-order chi connectivity index (χ0) is 11.6. The van der Waals surface area contributed by atoms with Crippen molar-refractivity contribution in [3.05, 3.63) is 10.6 Å². The molecule has 0 bridgehead atoms. The van der Waals surface area contributed by atoms with Crippen LogP contribution in [-0.4, -0.2) is 50.7 Å². The Morgan fingerprint density at radius 2 is 1.18 bits per heavy atom. The smallest absolute Gasteiger partial charge is 0.664 e. The van der Waals surface area contributed by atoms with Gasteiger partial charge in [-0.15, -0.1) is 13.1 Å². The van der Waals surface area contributed by atoms with Crippen LogP contribution in [-0.2, 0) is 16.5 Å². The SMILES string of the molecule is CC1=NCCC[N-]CC[N-]CCCN=C1C.[Ni+2]. The molecule has 1 heterocycles. The van der Waals surface area contributed by atoms with Gasteiger partial charge in [0.2, 0.25) is 0 Å². The van der Waals surface area contributed by atoms with E-state index in [1.807, 2.05) is 13.8 Å². The first kappa shape index (κ1) is 16.8. The van der Waals surface area contributed by atoms with E-state index < -0.39 is 0 Å². The van der Waals surface area contributed by atoms with Gasteiger partial charge in [0.25, 0.3) is 0 Å². The Labute approximate surface area is 115 Å². The molecule has 0 amide bonds. The van der Waals surface area contributed by atoms with E-state index in [0.717, 1.165) is 63.5 Å². The first-order valence-electron chi connectivity index (χ1n) is 6.09. The van der Waals surface area contributed by atoms with Crippen LogP contribution in [0.15, 0.2) is 9.98 Å². The van der Waals surface area contributed by atoms with Crippen molar-refractivity contribution in [3.8, 4) is 0 Å². The van der Waals surface area contributed by atoms with Crippen molar-refractivity contribution < 1.29 is 16.5 Å². The van der Waals surface area contributed by atoms with Gasteiger partial charge >= 0.3 is 16.5 Å². The number of hydrogen-bond donors (Lipinski definition) is 0. The standard InChI is InChI=1S/C12H22N4.Ni/c1-11-12(2)16-8-4-6-14-10-9-13-5-3-7-15-11;/h3-10H2,1-2H3;/q-2;+2. The molecule has 0 aromatic carbocycles. The first-order chi connectivity index (χ1) is 7.80. The van der Waals surface area contributed by atoms with Crippen molar-refractivity contribution in [3.63, 3.8) is 0 Å². The number of hydrogen-bond acceptors (Lipinski definition) is 2. The molecule has 5 heteroatoms. The van der Waals surface area contributed by atoms with E-state index in [-0.39, 0.29) is 16.5 Å². The van der Waals surface area contributed by atoms with Crippen LogP contribution in [0.25, 0.3) is 10.6 Å². The summed E-state index contributed by atoms with van der Waals surface area (Å²) >= 11 is 0. The summed E-state index contributed by atoms with van der Waals surface area (Å²) in [5.41, 5.74) is 2.13. The summed E-state index contributed by atoms with van der Waals surface area (Å²) in [6.45, 7) is 9.33. The molecule has 0 unspecified atom stereocenters. The summed E-state index contributed by atoms with van der Waals surface area (Å²) in [7, 11) is 0. The molecule has 0 N–H and O–H groups in total. The third kappa shape index (κ3) is 8.47. The van der Waals surface area contributed by atoms with Crippen molar-refractivity contribution in [2.75, 3.05) is 39.3 Å². The molecule has 0 fully saturated rings. The molecular weight excluding hydrogens is 259 g/mol. The Morgan fingerprint density at radius 3 is 1.59 bits per heavy atom. The monoisotopic (exact) mass is 280 g/mol. The minimum atomic E-state index is 0. The van der Waals surface area contributed by atoms with Crippen LogP contribution in [0.1, 0.15) is 26.7 Å². The van der Waals surface area contributed by atoms with Crippen molar-refractivity contribution in [2.45, 2.75) is 26.7 Å². The van der Waals surface area contributed by atoms with E-state index in [1.165, 1.54) is 0 Å². The van der Waals surface area contributed by atoms with E-state index in [0.29, 0.717) is 0 Å². The van der Waals surface area contributed by atoms with Crippen molar-refractivity contribution in [1.29, 1.82) is 0 Å². The van der Waals surface area contributed by atoms with Crippen LogP contribution in [0.4, 0.5) is 0 Å². The average molecular weight is 281 g/mol. The molecule has 0 saturated heterocycles. The van der Waals surface area contributed by atoms with E-state index >= 15 is 0 Å². The number of nitrogens with zero attached hydrogens (tertiary/aromatic N) is 4. The first-order valence-corrected chi connectivity index (χ1v) is 6.09. The molecule has 1 rings (SSSR count). The van der Waals surface area contributed by atoms with Gasteiger partial charge in [-0.3, -0.25) is 9.98 Å². The van der Waals surface area contributed by atoms with Gasteiger partial charge < -0.3 is 10.6 Å². The molecule has 0 aliphatic carbocycles. The topological polar surface area (TPSA) is 52.9 Å². The minimum Gasteiger partial charge on any atom is -0.664 e. The molecule has 0 spiro atoms. The van der Waals surface area contributed by atoms with Gasteiger partial charge in [0.1, 0.15) is 0 Å². The van der Waals surface area contributed by atoms with Crippen LogP contribution in [0.5, 0.6) is 0 Å². The van der Waals surface area contributed by atoms with Gasteiger partial charge in [0, 0.05) is 13.1 Å². The Morgan fingerprint density at radius 1 is 0.765 bits per heavy atom. The van der Waals surface area contributed by atoms with E-state index in [2.05, 4.69) is 20.6 Å². The Balaban J connectivity index is 0.00000256. The van der Waals surface area contributed by atoms with Gasteiger partial charge in [0.15, 0.2) is 0 Å². The van der Waals surface area contributed by atoms with Crippen LogP contribution >= 0.6 is 0 Å². The summed E-state index contributed by atoms with van der Waals surface area (Å²) in [4.78, 5) is 8.99. The summed E-state index contributed by atoms with van der Waals surface area (Å²) in [5, 5.41) is 8.82. The minimum absolute atomic E-state index is 0. The van der Waals surface area contributed by atoms with Crippen molar-refractivity contribution in [1.82, 2.24) is 0 Å². The van der Waals surface area contributed by atoms with Gasteiger partial charge in [0.05, 0.1) is 11.4 Å². The van der Waals surface area contributed by atoms with Crippen LogP contribution in [0.2, 0.25) is 0 Å². The second-order valence-electron chi connectivity index (χ2n) is 3.98. The fourth-order valence-electron chi connectivity index (χ4n) is 1.45. The molecule has 0 saturated carbocycles. The fraction of sp³-hybridized carbons (Fsp3) is 0.833. The summed E-state index contributed by atoms with van der Waals surface area (Å²) < 4.78 is 0. The zero-order valence-electron chi connectivity index (χ0n) is 10.8. The van der Waals surface area contributed by atoms with Crippen molar-refractivity contribution in [2.24, 2.45) is 9.98 Å². The third-order valence-corrected chi connectivity index (χ3v) is 2.59. The zero-order valence-corrected chi connectivity index (χ0v) is 11.7. The Kier molecular flexibility index (Phi) is 10.7. The molecular formula is C12H22N4Ni. The molecule has 0 aromatic rings. The summed E-state index contributed by atoms with van der Waals surface area (Å²) in [5.74, 6) is 0. The third-order valence-electron chi connectivity index (χ3n) is 2.59. The quantitative estimate of drug-likeness (QED) is 0.612. The number of rotatable bonds is 0. The van der Waals surface area contributed by atoms with Crippen molar-refractivity contribution >= 4 is 11.4 Å². The molecule has 0 radical (unpaired) electrons. The summed E-state index contributed by atoms with van der Waals surface area (Å²) in [6, 6.07) is 0. The molecule has 4 nitrogen and oxygen atoms in total. The molecule has 1 aliphatic heterocycles. The normalized spacial score (nSPS) is 20.6. The largest absolute Gasteiger partial charge is 2.00 e. The molecule has 17 heavy (non-hydrogen) atoms. The molecule has 0 aromatic heterocycles. The van der Waals surface area contributed by atoms with Crippen LogP contribution in [0, 0.1) is 0 Å². The maximum Gasteiger partial charge on any atom is 2.00 e. The summed E-state index contributed by atoms with van der Waals surface area (Å²) in [6.07, 6.45) is 2.06. The fourth-order valence-corrected chi connectivity index (χ4v) is 1.45. The predicted molar refractivity (Wildman–Crippen MR) is 71.4 cm³/mol. The van der Waals surface area contributed by atoms with Crippen LogP contribution < -0.4 is 0 Å².